The first kappa shape index (κ1) is 7.45. The van der Waals surface area contributed by atoms with Gasteiger partial charge in [-0.25, -0.2) is 0 Å². The summed E-state index contributed by atoms with van der Waals surface area (Å²) in [6, 6.07) is 5.85. The Morgan fingerprint density at radius 2 is 2.31 bits per heavy atom. The van der Waals surface area contributed by atoms with Gasteiger partial charge in [-0.2, -0.15) is 0 Å². The molecule has 0 N–H and O–H groups in total. The molecule has 1 heterocycles. The van der Waals surface area contributed by atoms with Crippen LogP contribution in [-0.4, -0.2) is 6.10 Å². The van der Waals surface area contributed by atoms with Crippen molar-refractivity contribution in [3.63, 3.8) is 0 Å². The quantitative estimate of drug-likeness (QED) is 0.574. The van der Waals surface area contributed by atoms with Crippen LogP contribution in [0.5, 0.6) is 5.75 Å². The van der Waals surface area contributed by atoms with Gasteiger partial charge >= 0.3 is 0 Å². The highest BCUT2D eigenvalue weighted by Crippen LogP contribution is 2.44. The van der Waals surface area contributed by atoms with Gasteiger partial charge in [-0.1, -0.05) is 23.8 Å². The molecule has 1 aromatic rings. The second kappa shape index (κ2) is 2.52. The minimum atomic E-state index is 0.327. The lowest BCUT2D eigenvalue weighted by molar-refractivity contribution is 0.232. The number of hydrogen-bond donors (Lipinski definition) is 0. The highest BCUT2D eigenvalue weighted by molar-refractivity contribution is 6.30. The molecule has 0 aromatic heterocycles. The van der Waals surface area contributed by atoms with Crippen LogP contribution < -0.4 is 4.74 Å². The van der Waals surface area contributed by atoms with Gasteiger partial charge in [0.1, 0.15) is 11.9 Å². The third-order valence-electron chi connectivity index (χ3n) is 2.72. The predicted molar refractivity (Wildman–Crippen MR) is 52.4 cm³/mol. The summed E-state index contributed by atoms with van der Waals surface area (Å²) in [6.45, 7) is 0. The Bertz CT molecular complexity index is 384. The van der Waals surface area contributed by atoms with Crippen LogP contribution in [0.25, 0.3) is 0 Å². The molecule has 13 heavy (non-hydrogen) atoms. The molecule has 1 aromatic carbocycles. The lowest BCUT2D eigenvalue weighted by atomic mass is 9.99. The van der Waals surface area contributed by atoms with Crippen molar-refractivity contribution in [1.29, 1.82) is 0 Å². The molecule has 0 bridgehead atoms. The standard InChI is InChI=1S/C11H9ClO/c12-7-4-5-11-9(6-7)8-2-1-3-10(8)13-11/h1-2,4-6,8,10H,3H2/t8-,10-/m1/s1. The van der Waals surface area contributed by atoms with E-state index in [-0.39, 0.29) is 0 Å². The van der Waals surface area contributed by atoms with Crippen molar-refractivity contribution < 1.29 is 4.74 Å². The Labute approximate surface area is 82.0 Å². The SMILES string of the molecule is Clc1ccc2c(c1)[C@H]1C=CC[C@H]1O2. The maximum Gasteiger partial charge on any atom is 0.123 e. The topological polar surface area (TPSA) is 9.23 Å². The van der Waals surface area contributed by atoms with Gasteiger partial charge in [-0.3, -0.25) is 0 Å². The molecule has 1 nitrogen and oxygen atoms in total. The molecular formula is C11H9ClO. The number of benzene rings is 1. The second-order valence-electron chi connectivity index (χ2n) is 3.53. The molecule has 0 unspecified atom stereocenters. The third kappa shape index (κ3) is 1.00. The largest absolute Gasteiger partial charge is 0.489 e. The van der Waals surface area contributed by atoms with Crippen molar-refractivity contribution in [3.05, 3.63) is 40.9 Å². The number of ether oxygens (including phenoxy) is 1. The Morgan fingerprint density at radius 3 is 3.23 bits per heavy atom. The van der Waals surface area contributed by atoms with Crippen LogP contribution in [0, 0.1) is 0 Å². The van der Waals surface area contributed by atoms with Crippen molar-refractivity contribution in [2.75, 3.05) is 0 Å². The molecule has 1 aliphatic heterocycles. The highest BCUT2D eigenvalue weighted by Gasteiger charge is 2.34. The molecule has 0 saturated carbocycles. The molecule has 2 heteroatoms. The predicted octanol–water partition coefficient (Wildman–Crippen LogP) is 3.14. The van der Waals surface area contributed by atoms with Gasteiger partial charge in [0.25, 0.3) is 0 Å². The molecular weight excluding hydrogens is 184 g/mol. The van der Waals surface area contributed by atoms with E-state index < -0.39 is 0 Å². The number of fused-ring (bicyclic) bond motifs is 3. The lowest BCUT2D eigenvalue weighted by Gasteiger charge is -2.06. The minimum Gasteiger partial charge on any atom is -0.489 e. The van der Waals surface area contributed by atoms with Gasteiger partial charge in [-0.05, 0) is 18.2 Å². The van der Waals surface area contributed by atoms with Gasteiger partial charge in [0.05, 0.1) is 0 Å². The Kier molecular flexibility index (Phi) is 1.44. The zero-order valence-electron chi connectivity index (χ0n) is 7.03. The van der Waals surface area contributed by atoms with E-state index in [0.29, 0.717) is 12.0 Å². The summed E-state index contributed by atoms with van der Waals surface area (Å²) in [5.41, 5.74) is 1.24. The maximum atomic E-state index is 5.93. The average molecular weight is 193 g/mol. The van der Waals surface area contributed by atoms with E-state index in [1.54, 1.807) is 0 Å². The fraction of sp³-hybridized carbons (Fsp3) is 0.273. The summed E-state index contributed by atoms with van der Waals surface area (Å²) in [6.07, 6.45) is 5.75. The molecule has 0 saturated heterocycles. The molecule has 66 valence electrons. The number of hydrogen-bond acceptors (Lipinski definition) is 1. The molecule has 3 rings (SSSR count). The second-order valence-corrected chi connectivity index (χ2v) is 3.96. The van der Waals surface area contributed by atoms with Crippen LogP contribution in [-0.2, 0) is 0 Å². The van der Waals surface area contributed by atoms with E-state index in [1.165, 1.54) is 5.56 Å². The maximum absolute atomic E-state index is 5.93. The summed E-state index contributed by atoms with van der Waals surface area (Å²) in [5, 5.41) is 0.795. The number of rotatable bonds is 0. The Balaban J connectivity index is 2.14. The van der Waals surface area contributed by atoms with Crippen LogP contribution in [0.15, 0.2) is 30.4 Å². The van der Waals surface area contributed by atoms with Gasteiger partial charge in [0.15, 0.2) is 0 Å². The highest BCUT2D eigenvalue weighted by atomic mass is 35.5. The van der Waals surface area contributed by atoms with Crippen LogP contribution in [0.4, 0.5) is 0 Å². The first-order valence-electron chi connectivity index (χ1n) is 4.47. The molecule has 0 amide bonds. The van der Waals surface area contributed by atoms with Crippen LogP contribution >= 0.6 is 11.6 Å². The molecule has 0 fully saturated rings. The Morgan fingerprint density at radius 1 is 1.38 bits per heavy atom. The van der Waals surface area contributed by atoms with E-state index in [2.05, 4.69) is 12.2 Å². The first-order valence-corrected chi connectivity index (χ1v) is 4.85. The van der Waals surface area contributed by atoms with Gasteiger partial charge in [0, 0.05) is 22.9 Å². The average Bonchev–Trinajstić information content (AvgIpc) is 2.64. The minimum absolute atomic E-state index is 0.327. The van der Waals surface area contributed by atoms with E-state index in [9.17, 15) is 0 Å². The van der Waals surface area contributed by atoms with Gasteiger partial charge in [0.2, 0.25) is 0 Å². The van der Waals surface area contributed by atoms with Crippen LogP contribution in [0.2, 0.25) is 5.02 Å². The fourth-order valence-corrected chi connectivity index (χ4v) is 2.29. The van der Waals surface area contributed by atoms with Crippen molar-refractivity contribution >= 4 is 11.6 Å². The van der Waals surface area contributed by atoms with Crippen molar-refractivity contribution in [2.45, 2.75) is 18.4 Å². The molecule has 1 aliphatic carbocycles. The summed E-state index contributed by atoms with van der Waals surface area (Å²) in [7, 11) is 0. The van der Waals surface area contributed by atoms with Crippen molar-refractivity contribution in [2.24, 2.45) is 0 Å². The van der Waals surface area contributed by atoms with Gasteiger partial charge < -0.3 is 4.74 Å². The van der Waals surface area contributed by atoms with Crippen LogP contribution in [0.1, 0.15) is 17.9 Å². The molecule has 0 radical (unpaired) electrons. The molecule has 2 aliphatic rings. The van der Waals surface area contributed by atoms with E-state index in [0.717, 1.165) is 17.2 Å². The first-order chi connectivity index (χ1) is 6.34. The smallest absolute Gasteiger partial charge is 0.123 e. The fourth-order valence-electron chi connectivity index (χ4n) is 2.11. The van der Waals surface area contributed by atoms with E-state index in [4.69, 9.17) is 16.3 Å². The van der Waals surface area contributed by atoms with E-state index in [1.807, 2.05) is 18.2 Å². The molecule has 0 spiro atoms. The summed E-state index contributed by atoms with van der Waals surface area (Å²) in [4.78, 5) is 0. The monoisotopic (exact) mass is 192 g/mol. The number of halogens is 1. The zero-order valence-corrected chi connectivity index (χ0v) is 7.79. The summed E-state index contributed by atoms with van der Waals surface area (Å²) in [5.74, 6) is 1.44. The normalized spacial score (nSPS) is 28.4. The van der Waals surface area contributed by atoms with Crippen molar-refractivity contribution in [3.8, 4) is 5.75 Å². The lowest BCUT2D eigenvalue weighted by Crippen LogP contribution is -2.11. The molecule has 2 atom stereocenters. The summed E-state index contributed by atoms with van der Waals surface area (Å²) >= 11 is 5.93. The summed E-state index contributed by atoms with van der Waals surface area (Å²) < 4.78 is 5.76. The van der Waals surface area contributed by atoms with Crippen molar-refractivity contribution in [1.82, 2.24) is 0 Å². The third-order valence-corrected chi connectivity index (χ3v) is 2.96. The Hall–Kier alpha value is -0.950. The van der Waals surface area contributed by atoms with E-state index >= 15 is 0 Å². The van der Waals surface area contributed by atoms with Gasteiger partial charge in [-0.15, -0.1) is 0 Å². The zero-order chi connectivity index (χ0) is 8.84. The van der Waals surface area contributed by atoms with Crippen LogP contribution in [0.3, 0.4) is 0 Å².